The lowest BCUT2D eigenvalue weighted by atomic mass is 9.92. The Morgan fingerprint density at radius 3 is 2.55 bits per heavy atom. The van der Waals surface area contributed by atoms with Gasteiger partial charge in [-0.1, -0.05) is 62.7 Å². The molecule has 0 saturated heterocycles. The second kappa shape index (κ2) is 8.01. The molecular formula is C24H22ClN5O. The third-order valence-corrected chi connectivity index (χ3v) is 5.33. The lowest BCUT2D eigenvalue weighted by Gasteiger charge is -2.15. The summed E-state index contributed by atoms with van der Waals surface area (Å²) in [6.45, 7) is 6.56. The molecule has 0 aliphatic rings. The molecule has 6 nitrogen and oxygen atoms in total. The molecule has 0 fully saturated rings. The van der Waals surface area contributed by atoms with Crippen molar-refractivity contribution in [2.75, 3.05) is 0 Å². The number of rotatable bonds is 4. The van der Waals surface area contributed by atoms with Gasteiger partial charge in [-0.05, 0) is 11.6 Å². The lowest BCUT2D eigenvalue weighted by molar-refractivity contribution is 0.310. The Labute approximate surface area is 186 Å². The predicted octanol–water partition coefficient (Wildman–Crippen LogP) is 5.43. The quantitative estimate of drug-likeness (QED) is 0.430. The minimum Gasteiger partial charge on any atom is -0.488 e. The van der Waals surface area contributed by atoms with E-state index in [-0.39, 0.29) is 11.1 Å². The standard InChI is InChI=1S/C24H22ClN5O/c1-24(2,3)23-21(25)22(30(4)29-23)17-12-19(31-14-15-8-6-5-7-9-15)20-16(28-17)10-11-27-18(20)13-26/h5-12H,14H2,1-4H3. The fraction of sp³-hybridized carbons (Fsp3) is 0.250. The van der Waals surface area contributed by atoms with Crippen LogP contribution in [0.25, 0.3) is 22.3 Å². The van der Waals surface area contributed by atoms with E-state index in [9.17, 15) is 5.26 Å². The topological polar surface area (TPSA) is 76.6 Å². The Morgan fingerprint density at radius 1 is 1.16 bits per heavy atom. The van der Waals surface area contributed by atoms with Gasteiger partial charge in [-0.15, -0.1) is 0 Å². The molecule has 31 heavy (non-hydrogen) atoms. The van der Waals surface area contributed by atoms with E-state index in [0.29, 0.717) is 39.7 Å². The number of fused-ring (bicyclic) bond motifs is 1. The summed E-state index contributed by atoms with van der Waals surface area (Å²) in [7, 11) is 1.85. The molecule has 0 aliphatic carbocycles. The summed E-state index contributed by atoms with van der Waals surface area (Å²) >= 11 is 6.75. The van der Waals surface area contributed by atoms with Crippen LogP contribution in [-0.2, 0) is 19.1 Å². The molecule has 0 amide bonds. The van der Waals surface area contributed by atoms with Gasteiger partial charge in [0.25, 0.3) is 0 Å². The van der Waals surface area contributed by atoms with Gasteiger partial charge in [0.2, 0.25) is 0 Å². The Kier molecular flexibility index (Phi) is 5.38. The molecule has 7 heteroatoms. The summed E-state index contributed by atoms with van der Waals surface area (Å²) in [5.74, 6) is 0.531. The molecule has 156 valence electrons. The average molecular weight is 432 g/mol. The molecule has 0 bridgehead atoms. The Hall–Kier alpha value is -3.43. The van der Waals surface area contributed by atoms with E-state index >= 15 is 0 Å². The van der Waals surface area contributed by atoms with Crippen LogP contribution >= 0.6 is 11.6 Å². The van der Waals surface area contributed by atoms with Crippen LogP contribution < -0.4 is 4.74 Å². The van der Waals surface area contributed by atoms with Gasteiger partial charge in [-0.3, -0.25) is 4.68 Å². The zero-order valence-corrected chi connectivity index (χ0v) is 18.6. The van der Waals surface area contributed by atoms with Crippen molar-refractivity contribution >= 4 is 22.5 Å². The monoisotopic (exact) mass is 431 g/mol. The maximum absolute atomic E-state index is 9.58. The van der Waals surface area contributed by atoms with Crippen molar-refractivity contribution in [2.45, 2.75) is 32.8 Å². The molecule has 0 atom stereocenters. The summed E-state index contributed by atoms with van der Waals surface area (Å²) in [4.78, 5) is 8.96. The maximum Gasteiger partial charge on any atom is 0.153 e. The van der Waals surface area contributed by atoms with Crippen molar-refractivity contribution in [3.8, 4) is 23.2 Å². The van der Waals surface area contributed by atoms with Crippen LogP contribution in [0.2, 0.25) is 5.02 Å². The van der Waals surface area contributed by atoms with Gasteiger partial charge in [0, 0.05) is 24.7 Å². The number of pyridine rings is 2. The first kappa shape index (κ1) is 20.8. The molecular weight excluding hydrogens is 410 g/mol. The average Bonchev–Trinajstić information content (AvgIpc) is 3.06. The normalized spacial score (nSPS) is 11.5. The van der Waals surface area contributed by atoms with Crippen molar-refractivity contribution in [3.63, 3.8) is 0 Å². The second-order valence-corrected chi connectivity index (χ2v) is 8.71. The van der Waals surface area contributed by atoms with Crippen LogP contribution in [0.15, 0.2) is 48.7 Å². The number of hydrogen-bond donors (Lipinski definition) is 0. The fourth-order valence-electron chi connectivity index (χ4n) is 3.46. The highest BCUT2D eigenvalue weighted by Gasteiger charge is 2.27. The Balaban J connectivity index is 1.89. The van der Waals surface area contributed by atoms with Gasteiger partial charge >= 0.3 is 0 Å². The zero-order valence-electron chi connectivity index (χ0n) is 17.8. The van der Waals surface area contributed by atoms with Gasteiger partial charge in [0.15, 0.2) is 5.69 Å². The molecule has 0 radical (unpaired) electrons. The third kappa shape index (κ3) is 3.97. The number of ether oxygens (including phenoxy) is 1. The van der Waals surface area contributed by atoms with Crippen molar-refractivity contribution in [2.24, 2.45) is 7.05 Å². The SMILES string of the molecule is Cn1nc(C(C)(C)C)c(Cl)c1-c1cc(OCc2ccccc2)c2c(C#N)nccc2n1. The Bertz CT molecular complexity index is 1300. The number of halogens is 1. The number of nitrogens with zero attached hydrogens (tertiary/aromatic N) is 5. The highest BCUT2D eigenvalue weighted by atomic mass is 35.5. The molecule has 0 N–H and O–H groups in total. The summed E-state index contributed by atoms with van der Waals surface area (Å²) < 4.78 is 7.90. The zero-order chi connectivity index (χ0) is 22.2. The fourth-order valence-corrected chi connectivity index (χ4v) is 4.00. The first-order valence-electron chi connectivity index (χ1n) is 9.89. The highest BCUT2D eigenvalue weighted by molar-refractivity contribution is 6.33. The van der Waals surface area contributed by atoms with Crippen molar-refractivity contribution in [3.05, 3.63) is 70.6 Å². The van der Waals surface area contributed by atoms with Gasteiger partial charge in [0.05, 0.1) is 27.3 Å². The van der Waals surface area contributed by atoms with Crippen molar-refractivity contribution in [1.82, 2.24) is 19.7 Å². The van der Waals surface area contributed by atoms with Crippen molar-refractivity contribution in [1.29, 1.82) is 5.26 Å². The van der Waals surface area contributed by atoms with E-state index in [0.717, 1.165) is 11.3 Å². The molecule has 1 aromatic carbocycles. The molecule has 3 heterocycles. The van der Waals surface area contributed by atoms with Crippen LogP contribution in [0.1, 0.15) is 37.7 Å². The van der Waals surface area contributed by atoms with E-state index in [1.165, 1.54) is 0 Å². The Morgan fingerprint density at radius 2 is 1.90 bits per heavy atom. The van der Waals surface area contributed by atoms with E-state index in [1.807, 2.05) is 43.4 Å². The number of nitriles is 1. The first-order valence-corrected chi connectivity index (χ1v) is 10.3. The van der Waals surface area contributed by atoms with Gasteiger partial charge in [0.1, 0.15) is 24.1 Å². The highest BCUT2D eigenvalue weighted by Crippen LogP contribution is 2.38. The van der Waals surface area contributed by atoms with Crippen LogP contribution in [0.4, 0.5) is 0 Å². The number of aromatic nitrogens is 4. The smallest absolute Gasteiger partial charge is 0.153 e. The summed E-state index contributed by atoms with van der Waals surface area (Å²) in [5, 5.41) is 15.4. The molecule has 4 rings (SSSR count). The molecule has 0 spiro atoms. The van der Waals surface area contributed by atoms with Crippen LogP contribution in [-0.4, -0.2) is 19.7 Å². The minimum atomic E-state index is -0.214. The van der Waals surface area contributed by atoms with Gasteiger partial charge in [-0.2, -0.15) is 10.4 Å². The van der Waals surface area contributed by atoms with E-state index in [4.69, 9.17) is 21.3 Å². The summed E-state index contributed by atoms with van der Waals surface area (Å²) in [6.07, 6.45) is 1.57. The molecule has 3 aromatic heterocycles. The number of aryl methyl sites for hydroxylation is 1. The first-order chi connectivity index (χ1) is 14.8. The second-order valence-electron chi connectivity index (χ2n) is 8.33. The number of hydrogen-bond acceptors (Lipinski definition) is 5. The van der Waals surface area contributed by atoms with Crippen LogP contribution in [0.3, 0.4) is 0 Å². The largest absolute Gasteiger partial charge is 0.488 e. The molecule has 0 saturated carbocycles. The van der Waals surface area contributed by atoms with Gasteiger partial charge in [-0.25, -0.2) is 9.97 Å². The molecule has 4 aromatic rings. The van der Waals surface area contributed by atoms with E-state index in [1.54, 1.807) is 16.9 Å². The van der Waals surface area contributed by atoms with Crippen molar-refractivity contribution < 1.29 is 4.74 Å². The van der Waals surface area contributed by atoms with Gasteiger partial charge < -0.3 is 4.74 Å². The molecule has 0 unspecified atom stereocenters. The van der Waals surface area contributed by atoms with Crippen LogP contribution in [0.5, 0.6) is 5.75 Å². The minimum absolute atomic E-state index is 0.214. The van der Waals surface area contributed by atoms with E-state index in [2.05, 4.69) is 36.9 Å². The van der Waals surface area contributed by atoms with Crippen LogP contribution in [0, 0.1) is 11.3 Å². The predicted molar refractivity (Wildman–Crippen MR) is 121 cm³/mol. The number of benzene rings is 1. The van der Waals surface area contributed by atoms with E-state index < -0.39 is 0 Å². The molecule has 0 aliphatic heterocycles. The maximum atomic E-state index is 9.58. The summed E-state index contributed by atoms with van der Waals surface area (Å²) in [5.41, 5.74) is 3.81. The summed E-state index contributed by atoms with van der Waals surface area (Å²) in [6, 6.07) is 15.6. The lowest BCUT2D eigenvalue weighted by Crippen LogP contribution is -2.12. The third-order valence-electron chi connectivity index (χ3n) is 4.97.